The van der Waals surface area contributed by atoms with Crippen LogP contribution in [0, 0.1) is 0 Å². The molecule has 0 radical (unpaired) electrons. The van der Waals surface area contributed by atoms with E-state index in [2.05, 4.69) is 22.9 Å². The van der Waals surface area contributed by atoms with Gasteiger partial charge in [0.15, 0.2) is 5.89 Å². The molecular formula is C7H10N2O2S. The summed E-state index contributed by atoms with van der Waals surface area (Å²) in [5.74, 6) is 0.398. The molecule has 1 heterocycles. The molecule has 0 aliphatic carbocycles. The number of thiol groups is 1. The monoisotopic (exact) mass is 186 g/mol. The van der Waals surface area contributed by atoms with E-state index in [4.69, 9.17) is 4.42 Å². The highest BCUT2D eigenvalue weighted by Gasteiger charge is 2.14. The molecule has 1 rings (SSSR count). The van der Waals surface area contributed by atoms with E-state index in [1.54, 1.807) is 13.2 Å². The van der Waals surface area contributed by atoms with E-state index in [9.17, 15) is 4.79 Å². The average Bonchev–Trinajstić information content (AvgIpc) is 2.55. The van der Waals surface area contributed by atoms with Crippen LogP contribution in [0.1, 0.15) is 5.89 Å². The van der Waals surface area contributed by atoms with E-state index in [0.29, 0.717) is 12.3 Å². The first-order valence-electron chi connectivity index (χ1n) is 3.52. The summed E-state index contributed by atoms with van der Waals surface area (Å²) in [5, 5.41) is 2.10. The van der Waals surface area contributed by atoms with Crippen molar-refractivity contribution in [2.75, 3.05) is 7.05 Å². The zero-order valence-corrected chi connectivity index (χ0v) is 7.54. The smallest absolute Gasteiger partial charge is 0.233 e. The van der Waals surface area contributed by atoms with Crippen molar-refractivity contribution in [2.45, 2.75) is 11.7 Å². The third kappa shape index (κ3) is 2.27. The topological polar surface area (TPSA) is 55.1 Å². The molecule has 4 nitrogen and oxygen atoms in total. The quantitative estimate of drug-likeness (QED) is 0.666. The minimum Gasteiger partial charge on any atom is -0.449 e. The SMILES string of the molecule is CNC(=O)C(S)Cc1ncco1. The summed E-state index contributed by atoms with van der Waals surface area (Å²) in [6, 6.07) is 0. The summed E-state index contributed by atoms with van der Waals surface area (Å²) < 4.78 is 4.96. The van der Waals surface area contributed by atoms with Gasteiger partial charge < -0.3 is 9.73 Å². The predicted octanol–water partition coefficient (Wildman–Crippen LogP) is 0.261. The van der Waals surface area contributed by atoms with Gasteiger partial charge in [-0.1, -0.05) is 0 Å². The van der Waals surface area contributed by atoms with Crippen LogP contribution in [0.25, 0.3) is 0 Å². The number of nitrogens with one attached hydrogen (secondary N) is 1. The molecule has 0 aliphatic heterocycles. The first-order chi connectivity index (χ1) is 5.74. The fourth-order valence-electron chi connectivity index (χ4n) is 0.778. The van der Waals surface area contributed by atoms with Crippen LogP contribution in [-0.4, -0.2) is 23.2 Å². The van der Waals surface area contributed by atoms with E-state index < -0.39 is 5.25 Å². The van der Waals surface area contributed by atoms with Gasteiger partial charge in [-0.3, -0.25) is 4.79 Å². The second-order valence-electron chi connectivity index (χ2n) is 2.26. The van der Waals surface area contributed by atoms with E-state index in [1.807, 2.05) is 0 Å². The third-order valence-electron chi connectivity index (χ3n) is 1.40. The molecule has 0 aliphatic rings. The Balaban J connectivity index is 2.47. The van der Waals surface area contributed by atoms with Crippen LogP contribution in [0.5, 0.6) is 0 Å². The van der Waals surface area contributed by atoms with Crippen LogP contribution in [0.3, 0.4) is 0 Å². The van der Waals surface area contributed by atoms with Gasteiger partial charge in [-0.25, -0.2) is 4.98 Å². The maximum Gasteiger partial charge on any atom is 0.233 e. The van der Waals surface area contributed by atoms with Crippen molar-refractivity contribution < 1.29 is 9.21 Å². The second-order valence-corrected chi connectivity index (χ2v) is 2.88. The fourth-order valence-corrected chi connectivity index (χ4v) is 1.06. The average molecular weight is 186 g/mol. The van der Waals surface area contributed by atoms with E-state index in [0.717, 1.165) is 0 Å². The molecule has 1 amide bonds. The second kappa shape index (κ2) is 4.15. The fraction of sp³-hybridized carbons (Fsp3) is 0.429. The van der Waals surface area contributed by atoms with Gasteiger partial charge in [-0.15, -0.1) is 0 Å². The summed E-state index contributed by atoms with van der Waals surface area (Å²) in [5.41, 5.74) is 0. The van der Waals surface area contributed by atoms with Gasteiger partial charge in [0, 0.05) is 13.5 Å². The van der Waals surface area contributed by atoms with Crippen molar-refractivity contribution in [2.24, 2.45) is 0 Å². The van der Waals surface area contributed by atoms with Crippen LogP contribution in [0.2, 0.25) is 0 Å². The molecule has 0 saturated carbocycles. The molecule has 0 saturated heterocycles. The van der Waals surface area contributed by atoms with Crippen molar-refractivity contribution >= 4 is 18.5 Å². The van der Waals surface area contributed by atoms with Gasteiger partial charge in [0.1, 0.15) is 6.26 Å². The van der Waals surface area contributed by atoms with Crippen molar-refractivity contribution in [3.8, 4) is 0 Å². The summed E-state index contributed by atoms with van der Waals surface area (Å²) >= 11 is 4.08. The number of oxazole rings is 1. The van der Waals surface area contributed by atoms with Gasteiger partial charge in [-0.05, 0) is 0 Å². The lowest BCUT2D eigenvalue weighted by molar-refractivity contribution is -0.120. The molecule has 0 fully saturated rings. The first kappa shape index (κ1) is 9.12. The van der Waals surface area contributed by atoms with Crippen LogP contribution in [0.4, 0.5) is 0 Å². The molecular weight excluding hydrogens is 176 g/mol. The molecule has 5 heteroatoms. The Morgan fingerprint density at radius 1 is 1.92 bits per heavy atom. The van der Waals surface area contributed by atoms with Crippen molar-refractivity contribution in [1.29, 1.82) is 0 Å². The number of rotatable bonds is 3. The molecule has 1 aromatic heterocycles. The summed E-state index contributed by atoms with van der Waals surface area (Å²) in [4.78, 5) is 14.9. The van der Waals surface area contributed by atoms with Gasteiger partial charge in [-0.2, -0.15) is 12.6 Å². The van der Waals surface area contributed by atoms with Crippen LogP contribution >= 0.6 is 12.6 Å². The number of hydrogen-bond donors (Lipinski definition) is 2. The van der Waals surface area contributed by atoms with Crippen molar-refractivity contribution in [1.82, 2.24) is 10.3 Å². The van der Waals surface area contributed by atoms with Gasteiger partial charge in [0.05, 0.1) is 11.4 Å². The molecule has 12 heavy (non-hydrogen) atoms. The lowest BCUT2D eigenvalue weighted by atomic mass is 10.3. The van der Waals surface area contributed by atoms with Crippen molar-refractivity contribution in [3.05, 3.63) is 18.4 Å². The molecule has 1 N–H and O–H groups in total. The number of carbonyl (C=O) groups excluding carboxylic acids is 1. The molecule has 1 aromatic rings. The largest absolute Gasteiger partial charge is 0.449 e. The molecule has 0 bridgehead atoms. The summed E-state index contributed by atoms with van der Waals surface area (Å²) in [6.07, 6.45) is 3.43. The lowest BCUT2D eigenvalue weighted by Crippen LogP contribution is -2.29. The van der Waals surface area contributed by atoms with E-state index in [1.165, 1.54) is 6.26 Å². The zero-order chi connectivity index (χ0) is 8.97. The first-order valence-corrected chi connectivity index (χ1v) is 4.03. The maximum absolute atomic E-state index is 11.0. The highest BCUT2D eigenvalue weighted by Crippen LogP contribution is 2.05. The summed E-state index contributed by atoms with van der Waals surface area (Å²) in [7, 11) is 1.57. The number of carbonyl (C=O) groups is 1. The Kier molecular flexibility index (Phi) is 3.16. The Hall–Kier alpha value is -0.970. The molecule has 1 unspecified atom stereocenters. The molecule has 1 atom stereocenters. The Morgan fingerprint density at radius 3 is 3.17 bits per heavy atom. The number of hydrogen-bond acceptors (Lipinski definition) is 4. The Labute approximate surface area is 75.8 Å². The molecule has 0 spiro atoms. The summed E-state index contributed by atoms with van der Waals surface area (Å²) in [6.45, 7) is 0. The van der Waals surface area contributed by atoms with Crippen LogP contribution in [-0.2, 0) is 11.2 Å². The Bertz CT molecular complexity index is 248. The van der Waals surface area contributed by atoms with E-state index >= 15 is 0 Å². The van der Waals surface area contributed by atoms with Crippen molar-refractivity contribution in [3.63, 3.8) is 0 Å². The Morgan fingerprint density at radius 2 is 2.67 bits per heavy atom. The number of aromatic nitrogens is 1. The highest BCUT2D eigenvalue weighted by molar-refractivity contribution is 7.81. The molecule has 0 aromatic carbocycles. The lowest BCUT2D eigenvalue weighted by Gasteiger charge is -2.05. The highest BCUT2D eigenvalue weighted by atomic mass is 32.1. The zero-order valence-electron chi connectivity index (χ0n) is 6.65. The number of amides is 1. The normalized spacial score (nSPS) is 12.5. The van der Waals surface area contributed by atoms with E-state index in [-0.39, 0.29) is 5.91 Å². The standard InChI is InChI=1S/C7H10N2O2S/c1-8-7(10)5(12)4-6-9-2-3-11-6/h2-3,5,12H,4H2,1H3,(H,8,10). The van der Waals surface area contributed by atoms with Crippen LogP contribution in [0.15, 0.2) is 16.9 Å². The minimum absolute atomic E-state index is 0.128. The maximum atomic E-state index is 11.0. The van der Waals surface area contributed by atoms with Gasteiger partial charge in [0.2, 0.25) is 5.91 Å². The number of nitrogens with zero attached hydrogens (tertiary/aromatic N) is 1. The third-order valence-corrected chi connectivity index (χ3v) is 1.82. The minimum atomic E-state index is -0.395. The van der Waals surface area contributed by atoms with Gasteiger partial charge in [0.25, 0.3) is 0 Å². The molecule has 66 valence electrons. The van der Waals surface area contributed by atoms with Gasteiger partial charge >= 0.3 is 0 Å². The van der Waals surface area contributed by atoms with Crippen LogP contribution < -0.4 is 5.32 Å². The predicted molar refractivity (Wildman–Crippen MR) is 47.0 cm³/mol.